The fourth-order valence-electron chi connectivity index (χ4n) is 2.45. The van der Waals surface area contributed by atoms with Gasteiger partial charge in [-0.05, 0) is 59.5 Å². The summed E-state index contributed by atoms with van der Waals surface area (Å²) in [5.41, 5.74) is 0.984. The molecule has 0 unspecified atom stereocenters. The van der Waals surface area contributed by atoms with E-state index in [1.165, 1.54) is 0 Å². The van der Waals surface area contributed by atoms with Crippen LogP contribution in [0.15, 0.2) is 24.3 Å². The van der Waals surface area contributed by atoms with Crippen LogP contribution in [0.1, 0.15) is 24.8 Å². The molecule has 1 aromatic rings. The minimum Gasteiger partial charge on any atom is -0.481 e. The number of benzene rings is 1. The third kappa shape index (κ3) is 4.19. The van der Waals surface area contributed by atoms with Crippen LogP contribution in [0.3, 0.4) is 0 Å². The van der Waals surface area contributed by atoms with E-state index >= 15 is 0 Å². The molecule has 0 aliphatic heterocycles. The molecule has 0 heterocycles. The summed E-state index contributed by atoms with van der Waals surface area (Å²) >= 11 is 2.22. The maximum Gasteiger partial charge on any atom is 0.306 e. The van der Waals surface area contributed by atoms with E-state index in [1.807, 2.05) is 24.3 Å². The summed E-state index contributed by atoms with van der Waals surface area (Å²) < 4.78 is 1.11. The molecule has 1 aromatic carbocycles. The Morgan fingerprint density at radius 3 is 2.79 bits per heavy atom. The number of carbonyl (C=O) groups excluding carboxylic acids is 1. The zero-order valence-electron chi connectivity index (χ0n) is 10.4. The Morgan fingerprint density at radius 2 is 2.16 bits per heavy atom. The average molecular weight is 373 g/mol. The summed E-state index contributed by atoms with van der Waals surface area (Å²) in [5.74, 6) is -1.09. The van der Waals surface area contributed by atoms with Gasteiger partial charge in [-0.1, -0.05) is 12.1 Å². The number of aliphatic carboxylic acids is 1. The molecule has 0 aromatic heterocycles. The van der Waals surface area contributed by atoms with E-state index in [2.05, 4.69) is 27.9 Å². The number of carbonyl (C=O) groups is 2. The third-order valence-electron chi connectivity index (χ3n) is 3.40. The van der Waals surface area contributed by atoms with E-state index in [9.17, 15) is 9.59 Å². The molecule has 1 aliphatic rings. The predicted molar refractivity (Wildman–Crippen MR) is 79.8 cm³/mol. The number of halogens is 1. The van der Waals surface area contributed by atoms with E-state index in [4.69, 9.17) is 5.11 Å². The van der Waals surface area contributed by atoms with E-state index in [0.29, 0.717) is 19.3 Å². The fraction of sp³-hybridized carbons (Fsp3) is 0.429. The van der Waals surface area contributed by atoms with Crippen molar-refractivity contribution in [1.29, 1.82) is 0 Å². The maximum absolute atomic E-state index is 11.9. The number of amides is 1. The van der Waals surface area contributed by atoms with Crippen molar-refractivity contribution in [2.24, 2.45) is 5.92 Å². The van der Waals surface area contributed by atoms with Gasteiger partial charge in [-0.25, -0.2) is 0 Å². The summed E-state index contributed by atoms with van der Waals surface area (Å²) in [7, 11) is 0. The van der Waals surface area contributed by atoms with Gasteiger partial charge >= 0.3 is 5.97 Å². The molecule has 19 heavy (non-hydrogen) atoms. The molecule has 0 radical (unpaired) electrons. The number of carboxylic acids is 1. The Balaban J connectivity index is 1.84. The molecule has 102 valence electrons. The number of hydrogen-bond donors (Lipinski definition) is 2. The van der Waals surface area contributed by atoms with E-state index in [0.717, 1.165) is 15.6 Å². The first kappa shape index (κ1) is 14.3. The SMILES string of the molecule is O=C(Cc1cccc(I)c1)N[C@@H]1CC[C@H](C(=O)O)C1. The van der Waals surface area contributed by atoms with Crippen molar-refractivity contribution in [2.75, 3.05) is 0 Å². The first-order valence-corrected chi connectivity index (χ1v) is 7.39. The van der Waals surface area contributed by atoms with Crippen molar-refractivity contribution in [3.63, 3.8) is 0 Å². The van der Waals surface area contributed by atoms with Crippen LogP contribution in [-0.2, 0) is 16.0 Å². The number of rotatable bonds is 4. The van der Waals surface area contributed by atoms with Gasteiger partial charge in [0.15, 0.2) is 0 Å². The van der Waals surface area contributed by atoms with Gasteiger partial charge in [-0.15, -0.1) is 0 Å². The topological polar surface area (TPSA) is 66.4 Å². The highest BCUT2D eigenvalue weighted by Gasteiger charge is 2.30. The quantitative estimate of drug-likeness (QED) is 0.796. The van der Waals surface area contributed by atoms with Crippen molar-refractivity contribution in [2.45, 2.75) is 31.7 Å². The first-order chi connectivity index (χ1) is 9.04. The second-order valence-corrected chi connectivity index (χ2v) is 6.16. The molecule has 2 atom stereocenters. The molecule has 2 rings (SSSR count). The monoisotopic (exact) mass is 373 g/mol. The van der Waals surface area contributed by atoms with Crippen molar-refractivity contribution < 1.29 is 14.7 Å². The summed E-state index contributed by atoms with van der Waals surface area (Å²) in [6, 6.07) is 7.83. The van der Waals surface area contributed by atoms with Crippen LogP contribution in [0, 0.1) is 9.49 Å². The van der Waals surface area contributed by atoms with Crippen molar-refractivity contribution in [1.82, 2.24) is 5.32 Å². The molecule has 1 fully saturated rings. The zero-order chi connectivity index (χ0) is 13.8. The van der Waals surface area contributed by atoms with Gasteiger partial charge in [-0.3, -0.25) is 9.59 Å². The second-order valence-electron chi connectivity index (χ2n) is 4.92. The smallest absolute Gasteiger partial charge is 0.306 e. The average Bonchev–Trinajstić information content (AvgIpc) is 2.77. The Morgan fingerprint density at radius 1 is 1.37 bits per heavy atom. The molecule has 0 spiro atoms. The predicted octanol–water partition coefficient (Wildman–Crippen LogP) is 2.20. The molecule has 0 saturated heterocycles. The van der Waals surface area contributed by atoms with Gasteiger partial charge < -0.3 is 10.4 Å². The van der Waals surface area contributed by atoms with Crippen LogP contribution in [0.5, 0.6) is 0 Å². The minimum atomic E-state index is -0.755. The van der Waals surface area contributed by atoms with Crippen LogP contribution in [0.25, 0.3) is 0 Å². The molecular formula is C14H16INO3. The van der Waals surface area contributed by atoms with Crippen LogP contribution in [-0.4, -0.2) is 23.0 Å². The van der Waals surface area contributed by atoms with E-state index in [1.54, 1.807) is 0 Å². The minimum absolute atomic E-state index is 0.0105. The Bertz CT molecular complexity index is 489. The van der Waals surface area contributed by atoms with Crippen molar-refractivity contribution >= 4 is 34.5 Å². The summed E-state index contributed by atoms with van der Waals surface area (Å²) in [5, 5.41) is 11.8. The highest BCUT2D eigenvalue weighted by Crippen LogP contribution is 2.25. The fourth-order valence-corrected chi connectivity index (χ4v) is 3.06. The molecule has 1 aliphatic carbocycles. The Hall–Kier alpha value is -1.11. The van der Waals surface area contributed by atoms with Gasteiger partial charge in [0, 0.05) is 9.61 Å². The molecule has 5 heteroatoms. The molecule has 1 saturated carbocycles. The molecule has 4 nitrogen and oxygen atoms in total. The largest absolute Gasteiger partial charge is 0.481 e. The van der Waals surface area contributed by atoms with Gasteiger partial charge in [0.05, 0.1) is 12.3 Å². The maximum atomic E-state index is 11.9. The van der Waals surface area contributed by atoms with E-state index < -0.39 is 5.97 Å². The normalized spacial score (nSPS) is 22.2. The molecule has 1 amide bonds. The number of nitrogens with one attached hydrogen (secondary N) is 1. The van der Waals surface area contributed by atoms with E-state index in [-0.39, 0.29) is 17.9 Å². The van der Waals surface area contributed by atoms with Gasteiger partial charge in [0.25, 0.3) is 0 Å². The first-order valence-electron chi connectivity index (χ1n) is 6.31. The van der Waals surface area contributed by atoms with Crippen LogP contribution in [0.4, 0.5) is 0 Å². The number of hydrogen-bond acceptors (Lipinski definition) is 2. The standard InChI is InChI=1S/C14H16INO3/c15-11-3-1-2-9(6-11)7-13(17)16-12-5-4-10(8-12)14(18)19/h1-3,6,10,12H,4-5,7-8H2,(H,16,17)(H,18,19)/t10-,12+/m0/s1. The third-order valence-corrected chi connectivity index (χ3v) is 4.07. The van der Waals surface area contributed by atoms with Gasteiger partial charge in [0.1, 0.15) is 0 Å². The lowest BCUT2D eigenvalue weighted by Crippen LogP contribution is -2.34. The lowest BCUT2D eigenvalue weighted by Gasteiger charge is -2.12. The zero-order valence-corrected chi connectivity index (χ0v) is 12.6. The molecule has 0 bridgehead atoms. The lowest BCUT2D eigenvalue weighted by atomic mass is 10.1. The Kier molecular flexibility index (Phi) is 4.79. The lowest BCUT2D eigenvalue weighted by molar-refractivity contribution is -0.141. The molecular weight excluding hydrogens is 357 g/mol. The summed E-state index contributed by atoms with van der Waals surface area (Å²) in [6.45, 7) is 0. The number of carboxylic acid groups (broad SMARTS) is 1. The van der Waals surface area contributed by atoms with Crippen molar-refractivity contribution in [3.05, 3.63) is 33.4 Å². The van der Waals surface area contributed by atoms with Gasteiger partial charge in [-0.2, -0.15) is 0 Å². The van der Waals surface area contributed by atoms with Crippen LogP contribution >= 0.6 is 22.6 Å². The van der Waals surface area contributed by atoms with Crippen molar-refractivity contribution in [3.8, 4) is 0 Å². The molecule has 2 N–H and O–H groups in total. The summed E-state index contributed by atoms with van der Waals surface area (Å²) in [4.78, 5) is 22.7. The second kappa shape index (κ2) is 6.36. The van der Waals surface area contributed by atoms with Gasteiger partial charge in [0.2, 0.25) is 5.91 Å². The van der Waals surface area contributed by atoms with Crippen LogP contribution < -0.4 is 5.32 Å². The Labute approximate surface area is 125 Å². The van der Waals surface area contributed by atoms with Crippen LogP contribution in [0.2, 0.25) is 0 Å². The highest BCUT2D eigenvalue weighted by molar-refractivity contribution is 14.1. The highest BCUT2D eigenvalue weighted by atomic mass is 127. The summed E-state index contributed by atoms with van der Waals surface area (Å²) in [6.07, 6.45) is 2.32.